The lowest BCUT2D eigenvalue weighted by Gasteiger charge is -2.26. The van der Waals surface area contributed by atoms with Crippen LogP contribution >= 0.6 is 0 Å². The first-order chi connectivity index (χ1) is 12.2. The summed E-state index contributed by atoms with van der Waals surface area (Å²) in [5, 5.41) is 2.62. The predicted octanol–water partition coefficient (Wildman–Crippen LogP) is 2.09. The van der Waals surface area contributed by atoms with Gasteiger partial charge in [0.25, 0.3) is 0 Å². The summed E-state index contributed by atoms with van der Waals surface area (Å²) in [5.41, 5.74) is 0.682. The van der Waals surface area contributed by atoms with Crippen molar-refractivity contribution in [3.05, 3.63) is 54.3 Å². The minimum absolute atomic E-state index is 0.185. The largest absolute Gasteiger partial charge is 0.497 e. The van der Waals surface area contributed by atoms with E-state index < -0.39 is 28.5 Å². The number of nitrogens with one attached hydrogen (secondary N) is 1. The molecule has 1 amide bonds. The first-order valence-corrected chi connectivity index (χ1v) is 9.03. The molecule has 0 radical (unpaired) electrons. The molecule has 0 aliphatic heterocycles. The second kappa shape index (κ2) is 8.15. The predicted molar refractivity (Wildman–Crippen MR) is 98.0 cm³/mol. The van der Waals surface area contributed by atoms with Crippen LogP contribution in [0.5, 0.6) is 5.75 Å². The minimum atomic E-state index is -3.94. The van der Waals surface area contributed by atoms with E-state index in [1.54, 1.807) is 24.3 Å². The molecule has 0 unspecified atom stereocenters. The molecule has 0 aliphatic carbocycles. The van der Waals surface area contributed by atoms with Crippen LogP contribution < -0.4 is 14.4 Å². The van der Waals surface area contributed by atoms with Crippen LogP contribution in [0.1, 0.15) is 0 Å². The summed E-state index contributed by atoms with van der Waals surface area (Å²) in [7, 11) is 0.297. The number of rotatable bonds is 7. The summed E-state index contributed by atoms with van der Waals surface area (Å²) in [6.07, 6.45) is 0. The molecule has 2 aromatic rings. The molecule has 0 fully saturated rings. The third-order valence-electron chi connectivity index (χ3n) is 3.52. The number of nitrogens with zero attached hydrogens (tertiary/aromatic N) is 2. The quantitative estimate of drug-likeness (QED) is 0.797. The Hall–Kier alpha value is -2.65. The molecule has 7 nitrogen and oxygen atoms in total. The minimum Gasteiger partial charge on any atom is -0.497 e. The number of hydrogen-bond donors (Lipinski definition) is 1. The standard InChI is InChI=1S/C17H20FN3O4S/c1-20(2)26(23,24)21(15-8-4-13(18)5-9-15)12-17(22)19-14-6-10-16(25-3)11-7-14/h4-11H,12H2,1-3H3,(H,19,22). The highest BCUT2D eigenvalue weighted by molar-refractivity contribution is 7.90. The topological polar surface area (TPSA) is 79.0 Å². The molecule has 140 valence electrons. The molecule has 9 heteroatoms. The van der Waals surface area contributed by atoms with E-state index in [0.717, 1.165) is 20.7 Å². The van der Waals surface area contributed by atoms with Crippen molar-refractivity contribution < 1.29 is 22.3 Å². The molecule has 26 heavy (non-hydrogen) atoms. The zero-order chi connectivity index (χ0) is 19.3. The Morgan fingerprint density at radius 3 is 2.15 bits per heavy atom. The number of methoxy groups -OCH3 is 1. The lowest BCUT2D eigenvalue weighted by Crippen LogP contribution is -2.44. The Morgan fingerprint density at radius 2 is 1.65 bits per heavy atom. The van der Waals surface area contributed by atoms with Crippen molar-refractivity contribution in [3.8, 4) is 5.75 Å². The third kappa shape index (κ3) is 4.70. The molecule has 0 saturated heterocycles. The second-order valence-electron chi connectivity index (χ2n) is 5.55. The summed E-state index contributed by atoms with van der Waals surface area (Å²) in [5.74, 6) is -0.408. The Bertz CT molecular complexity index is 853. The van der Waals surface area contributed by atoms with Gasteiger partial charge < -0.3 is 10.1 Å². The van der Waals surface area contributed by atoms with Crippen molar-refractivity contribution in [2.45, 2.75) is 0 Å². The van der Waals surface area contributed by atoms with Crippen LogP contribution in [0.15, 0.2) is 48.5 Å². The van der Waals surface area contributed by atoms with Gasteiger partial charge in [-0.25, -0.2) is 8.70 Å². The van der Waals surface area contributed by atoms with Crippen molar-refractivity contribution in [3.63, 3.8) is 0 Å². The molecule has 0 spiro atoms. The Balaban J connectivity index is 2.22. The maximum absolute atomic E-state index is 13.1. The van der Waals surface area contributed by atoms with Gasteiger partial charge in [0.15, 0.2) is 0 Å². The van der Waals surface area contributed by atoms with E-state index in [9.17, 15) is 17.6 Å². The average molecular weight is 381 g/mol. The first-order valence-electron chi connectivity index (χ1n) is 7.63. The molecule has 0 atom stereocenters. The fourth-order valence-corrected chi connectivity index (χ4v) is 3.18. The van der Waals surface area contributed by atoms with Gasteiger partial charge in [0.05, 0.1) is 12.8 Å². The Morgan fingerprint density at radius 1 is 1.08 bits per heavy atom. The average Bonchev–Trinajstić information content (AvgIpc) is 2.61. The maximum atomic E-state index is 13.1. The van der Waals surface area contributed by atoms with Gasteiger partial charge in [-0.3, -0.25) is 4.79 Å². The van der Waals surface area contributed by atoms with Gasteiger partial charge in [0.1, 0.15) is 18.1 Å². The van der Waals surface area contributed by atoms with E-state index in [1.165, 1.54) is 33.3 Å². The molecule has 0 heterocycles. The second-order valence-corrected chi connectivity index (χ2v) is 7.62. The van der Waals surface area contributed by atoms with Gasteiger partial charge in [-0.1, -0.05) is 0 Å². The molecule has 0 aromatic heterocycles. The van der Waals surface area contributed by atoms with Crippen molar-refractivity contribution >= 4 is 27.5 Å². The van der Waals surface area contributed by atoms with Crippen LogP contribution in [0.25, 0.3) is 0 Å². The molecule has 0 bridgehead atoms. The maximum Gasteiger partial charge on any atom is 0.304 e. The van der Waals surface area contributed by atoms with Crippen molar-refractivity contribution in [1.82, 2.24) is 4.31 Å². The molecular weight excluding hydrogens is 361 g/mol. The van der Waals surface area contributed by atoms with E-state index >= 15 is 0 Å². The van der Waals surface area contributed by atoms with E-state index in [2.05, 4.69) is 5.32 Å². The Labute approximate surface area is 152 Å². The monoisotopic (exact) mass is 381 g/mol. The number of hydrogen-bond acceptors (Lipinski definition) is 4. The zero-order valence-corrected chi connectivity index (χ0v) is 15.5. The fourth-order valence-electron chi connectivity index (χ4n) is 2.12. The van der Waals surface area contributed by atoms with Gasteiger partial charge in [0.2, 0.25) is 5.91 Å². The van der Waals surface area contributed by atoms with Gasteiger partial charge >= 0.3 is 10.2 Å². The van der Waals surface area contributed by atoms with Crippen molar-refractivity contribution in [2.75, 3.05) is 37.4 Å². The Kier molecular flexibility index (Phi) is 6.17. The fraction of sp³-hybridized carbons (Fsp3) is 0.235. The number of ether oxygens (including phenoxy) is 1. The van der Waals surface area contributed by atoms with Crippen LogP contribution in [0.3, 0.4) is 0 Å². The lowest BCUT2D eigenvalue weighted by molar-refractivity contribution is -0.114. The normalized spacial score (nSPS) is 11.3. The number of anilines is 2. The van der Waals surface area contributed by atoms with Crippen molar-refractivity contribution in [2.24, 2.45) is 0 Å². The molecule has 2 aromatic carbocycles. The van der Waals surface area contributed by atoms with Gasteiger partial charge in [-0.15, -0.1) is 0 Å². The van der Waals surface area contributed by atoms with E-state index in [4.69, 9.17) is 4.74 Å². The number of amides is 1. The molecule has 0 saturated carbocycles. The number of carbonyl (C=O) groups excluding carboxylic acids is 1. The van der Waals surface area contributed by atoms with Crippen LogP contribution in [0, 0.1) is 5.82 Å². The van der Waals surface area contributed by atoms with Gasteiger partial charge in [0, 0.05) is 19.8 Å². The summed E-state index contributed by atoms with van der Waals surface area (Å²) in [6, 6.07) is 11.5. The van der Waals surface area contributed by atoms with E-state index in [1.807, 2.05) is 0 Å². The highest BCUT2D eigenvalue weighted by Crippen LogP contribution is 2.20. The highest BCUT2D eigenvalue weighted by Gasteiger charge is 2.27. The van der Waals surface area contributed by atoms with Crippen molar-refractivity contribution in [1.29, 1.82) is 0 Å². The van der Waals surface area contributed by atoms with Crippen LogP contribution in [-0.4, -0.2) is 46.4 Å². The summed E-state index contributed by atoms with van der Waals surface area (Å²) in [6.45, 7) is -0.460. The summed E-state index contributed by atoms with van der Waals surface area (Å²) >= 11 is 0. The summed E-state index contributed by atoms with van der Waals surface area (Å²) in [4.78, 5) is 12.3. The lowest BCUT2D eigenvalue weighted by atomic mass is 10.3. The van der Waals surface area contributed by atoms with Crippen LogP contribution in [-0.2, 0) is 15.0 Å². The molecule has 1 N–H and O–H groups in total. The molecule has 2 rings (SSSR count). The van der Waals surface area contributed by atoms with Gasteiger partial charge in [-0.05, 0) is 48.5 Å². The summed E-state index contributed by atoms with van der Waals surface area (Å²) < 4.78 is 45.2. The van der Waals surface area contributed by atoms with E-state index in [0.29, 0.717) is 11.4 Å². The van der Waals surface area contributed by atoms with Crippen LogP contribution in [0.2, 0.25) is 0 Å². The van der Waals surface area contributed by atoms with Crippen LogP contribution in [0.4, 0.5) is 15.8 Å². The van der Waals surface area contributed by atoms with E-state index in [-0.39, 0.29) is 5.69 Å². The smallest absolute Gasteiger partial charge is 0.304 e. The zero-order valence-electron chi connectivity index (χ0n) is 14.6. The number of carbonyl (C=O) groups is 1. The molecular formula is C17H20FN3O4S. The molecule has 0 aliphatic rings. The van der Waals surface area contributed by atoms with Gasteiger partial charge in [-0.2, -0.15) is 12.7 Å². The SMILES string of the molecule is COc1ccc(NC(=O)CN(c2ccc(F)cc2)S(=O)(=O)N(C)C)cc1. The number of benzene rings is 2. The first kappa shape index (κ1) is 19.7. The number of halogens is 1. The highest BCUT2D eigenvalue weighted by atomic mass is 32.2. The third-order valence-corrected chi connectivity index (χ3v) is 5.34.